The molecule has 1 N–H and O–H groups in total. The molecular formula is C13H16N2O. The highest BCUT2D eigenvalue weighted by molar-refractivity contribution is 5.18. The number of rotatable bonds is 3. The Bertz CT molecular complexity index is 462. The maximum absolute atomic E-state index is 10.1. The van der Waals surface area contributed by atoms with E-state index in [9.17, 15) is 5.11 Å². The number of benzene rings is 1. The molecule has 0 aliphatic rings. The number of nitrogens with zero attached hydrogens (tertiary/aromatic N) is 2. The second-order valence-corrected chi connectivity index (χ2v) is 3.99. The Kier molecular flexibility index (Phi) is 3.06. The number of aromatic nitrogens is 2. The third-order valence-corrected chi connectivity index (χ3v) is 2.90. The number of imidazole rings is 1. The van der Waals surface area contributed by atoms with E-state index >= 15 is 0 Å². The van der Waals surface area contributed by atoms with E-state index in [2.05, 4.69) is 4.98 Å². The smallest absolute Gasteiger partial charge is 0.0969 e. The Morgan fingerprint density at radius 2 is 1.94 bits per heavy atom. The minimum Gasteiger partial charge on any atom is -0.387 e. The van der Waals surface area contributed by atoms with Crippen molar-refractivity contribution in [3.63, 3.8) is 0 Å². The van der Waals surface area contributed by atoms with Crippen LogP contribution in [0, 0.1) is 13.8 Å². The molecule has 1 unspecified atom stereocenters. The highest BCUT2D eigenvalue weighted by atomic mass is 16.3. The van der Waals surface area contributed by atoms with Gasteiger partial charge < -0.3 is 9.67 Å². The van der Waals surface area contributed by atoms with Gasteiger partial charge in [-0.15, -0.1) is 0 Å². The van der Waals surface area contributed by atoms with Gasteiger partial charge in [0.05, 0.1) is 24.7 Å². The highest BCUT2D eigenvalue weighted by Crippen LogP contribution is 2.16. The van der Waals surface area contributed by atoms with Crippen molar-refractivity contribution >= 4 is 0 Å². The molecule has 0 saturated heterocycles. The van der Waals surface area contributed by atoms with E-state index in [0.717, 1.165) is 17.0 Å². The Labute approximate surface area is 95.4 Å². The van der Waals surface area contributed by atoms with Crippen molar-refractivity contribution in [1.29, 1.82) is 0 Å². The van der Waals surface area contributed by atoms with E-state index in [1.54, 1.807) is 6.33 Å². The van der Waals surface area contributed by atoms with Crippen molar-refractivity contribution in [1.82, 2.24) is 9.55 Å². The van der Waals surface area contributed by atoms with E-state index in [1.807, 2.05) is 48.7 Å². The average molecular weight is 216 g/mol. The molecule has 0 radical (unpaired) electrons. The summed E-state index contributed by atoms with van der Waals surface area (Å²) in [7, 11) is 0. The quantitative estimate of drug-likeness (QED) is 0.854. The molecule has 16 heavy (non-hydrogen) atoms. The maximum Gasteiger partial charge on any atom is 0.0969 e. The van der Waals surface area contributed by atoms with Crippen molar-refractivity contribution < 1.29 is 5.11 Å². The lowest BCUT2D eigenvalue weighted by molar-refractivity contribution is 0.155. The molecule has 0 aliphatic heterocycles. The van der Waals surface area contributed by atoms with Gasteiger partial charge in [0.25, 0.3) is 0 Å². The third kappa shape index (κ3) is 2.14. The van der Waals surface area contributed by atoms with Crippen LogP contribution in [0.3, 0.4) is 0 Å². The maximum atomic E-state index is 10.1. The zero-order valence-corrected chi connectivity index (χ0v) is 9.59. The molecule has 0 spiro atoms. The topological polar surface area (TPSA) is 38.0 Å². The lowest BCUT2D eigenvalue weighted by Gasteiger charge is -2.12. The molecule has 0 aliphatic carbocycles. The van der Waals surface area contributed by atoms with Crippen LogP contribution in [0.2, 0.25) is 0 Å². The summed E-state index contributed by atoms with van der Waals surface area (Å²) >= 11 is 0. The summed E-state index contributed by atoms with van der Waals surface area (Å²) in [5.41, 5.74) is 3.06. The van der Waals surface area contributed by atoms with Gasteiger partial charge in [0, 0.05) is 5.69 Å². The SMILES string of the molecule is Cc1ncn(CC(O)c2ccccc2)c1C. The zero-order valence-electron chi connectivity index (χ0n) is 9.59. The van der Waals surface area contributed by atoms with Crippen molar-refractivity contribution in [2.24, 2.45) is 0 Å². The zero-order chi connectivity index (χ0) is 11.5. The van der Waals surface area contributed by atoms with Crippen LogP contribution in [-0.2, 0) is 6.54 Å². The number of aryl methyl sites for hydroxylation is 1. The van der Waals surface area contributed by atoms with Crippen LogP contribution >= 0.6 is 0 Å². The summed E-state index contributed by atoms with van der Waals surface area (Å²) in [6.45, 7) is 4.54. The van der Waals surface area contributed by atoms with Crippen LogP contribution in [0.1, 0.15) is 23.1 Å². The van der Waals surface area contributed by atoms with Gasteiger partial charge in [-0.3, -0.25) is 0 Å². The molecule has 2 aromatic rings. The Morgan fingerprint density at radius 3 is 2.50 bits per heavy atom. The molecule has 1 heterocycles. The molecule has 3 heteroatoms. The van der Waals surface area contributed by atoms with E-state index in [4.69, 9.17) is 0 Å². The third-order valence-electron chi connectivity index (χ3n) is 2.90. The molecule has 2 rings (SSSR count). The number of hydrogen-bond acceptors (Lipinski definition) is 2. The fourth-order valence-electron chi connectivity index (χ4n) is 1.70. The van der Waals surface area contributed by atoms with Crippen LogP contribution in [0.5, 0.6) is 0 Å². The first-order chi connectivity index (χ1) is 7.68. The summed E-state index contributed by atoms with van der Waals surface area (Å²) in [6.07, 6.45) is 1.30. The second-order valence-electron chi connectivity index (χ2n) is 3.99. The minimum absolute atomic E-state index is 0.478. The van der Waals surface area contributed by atoms with Gasteiger partial charge in [0.15, 0.2) is 0 Å². The first-order valence-electron chi connectivity index (χ1n) is 5.40. The largest absolute Gasteiger partial charge is 0.387 e. The lowest BCUT2D eigenvalue weighted by atomic mass is 10.1. The van der Waals surface area contributed by atoms with E-state index in [0.29, 0.717) is 6.54 Å². The first kappa shape index (κ1) is 10.9. The predicted molar refractivity (Wildman–Crippen MR) is 63.1 cm³/mol. The Hall–Kier alpha value is -1.61. The summed E-state index contributed by atoms with van der Waals surface area (Å²) in [4.78, 5) is 4.21. The predicted octanol–water partition coefficient (Wildman–Crippen LogP) is 2.23. The molecule has 1 atom stereocenters. The molecular weight excluding hydrogens is 200 g/mol. The van der Waals surface area contributed by atoms with E-state index in [-0.39, 0.29) is 0 Å². The molecule has 1 aromatic heterocycles. The summed E-state index contributed by atoms with van der Waals surface area (Å²) < 4.78 is 1.98. The van der Waals surface area contributed by atoms with Crippen LogP contribution in [-0.4, -0.2) is 14.7 Å². The van der Waals surface area contributed by atoms with E-state index < -0.39 is 6.10 Å². The average Bonchev–Trinajstić information content (AvgIpc) is 2.62. The van der Waals surface area contributed by atoms with Gasteiger partial charge in [-0.05, 0) is 19.4 Å². The van der Waals surface area contributed by atoms with Crippen molar-refractivity contribution in [3.8, 4) is 0 Å². The van der Waals surface area contributed by atoms with Gasteiger partial charge in [0.1, 0.15) is 0 Å². The van der Waals surface area contributed by atoms with Crippen LogP contribution in [0.25, 0.3) is 0 Å². The second kappa shape index (κ2) is 4.49. The fourth-order valence-corrected chi connectivity index (χ4v) is 1.70. The van der Waals surface area contributed by atoms with Crippen molar-refractivity contribution in [2.75, 3.05) is 0 Å². The van der Waals surface area contributed by atoms with Crippen LogP contribution < -0.4 is 0 Å². The molecule has 1 aromatic carbocycles. The molecule has 3 nitrogen and oxygen atoms in total. The highest BCUT2D eigenvalue weighted by Gasteiger charge is 2.10. The Morgan fingerprint density at radius 1 is 1.25 bits per heavy atom. The number of aliphatic hydroxyl groups is 1. The standard InChI is InChI=1S/C13H16N2O/c1-10-11(2)15(9-14-10)8-13(16)12-6-4-3-5-7-12/h3-7,9,13,16H,8H2,1-2H3. The molecule has 0 fully saturated rings. The number of hydrogen-bond donors (Lipinski definition) is 1. The van der Waals surface area contributed by atoms with Crippen molar-refractivity contribution in [3.05, 3.63) is 53.6 Å². The normalized spacial score (nSPS) is 12.7. The van der Waals surface area contributed by atoms with Gasteiger partial charge in [-0.2, -0.15) is 0 Å². The van der Waals surface area contributed by atoms with Gasteiger partial charge in [-0.25, -0.2) is 4.98 Å². The molecule has 0 saturated carbocycles. The first-order valence-corrected chi connectivity index (χ1v) is 5.40. The molecule has 0 bridgehead atoms. The molecule has 84 valence electrons. The van der Waals surface area contributed by atoms with Gasteiger partial charge in [-0.1, -0.05) is 30.3 Å². The van der Waals surface area contributed by atoms with Crippen LogP contribution in [0.4, 0.5) is 0 Å². The van der Waals surface area contributed by atoms with Gasteiger partial charge in [0.2, 0.25) is 0 Å². The monoisotopic (exact) mass is 216 g/mol. The van der Waals surface area contributed by atoms with Crippen LogP contribution in [0.15, 0.2) is 36.7 Å². The fraction of sp³-hybridized carbons (Fsp3) is 0.308. The molecule has 0 amide bonds. The lowest BCUT2D eigenvalue weighted by Crippen LogP contribution is -2.09. The van der Waals surface area contributed by atoms with Crippen molar-refractivity contribution in [2.45, 2.75) is 26.5 Å². The summed E-state index contributed by atoms with van der Waals surface area (Å²) in [6, 6.07) is 9.69. The number of aliphatic hydroxyl groups excluding tert-OH is 1. The minimum atomic E-state index is -0.478. The summed E-state index contributed by atoms with van der Waals surface area (Å²) in [5, 5.41) is 10.1. The summed E-state index contributed by atoms with van der Waals surface area (Å²) in [5.74, 6) is 0. The van der Waals surface area contributed by atoms with Gasteiger partial charge >= 0.3 is 0 Å². The Balaban J connectivity index is 2.14. The van der Waals surface area contributed by atoms with E-state index in [1.165, 1.54) is 0 Å².